The molecule has 2 amide bonds. The maximum absolute atomic E-state index is 13.6. The minimum Gasteiger partial charge on any atom is -0.484 e. The van der Waals surface area contributed by atoms with Gasteiger partial charge in [-0.3, -0.25) is 9.59 Å². The molecule has 0 aliphatic rings. The van der Waals surface area contributed by atoms with E-state index in [1.165, 1.54) is 0 Å². The Labute approximate surface area is 217 Å². The van der Waals surface area contributed by atoms with Gasteiger partial charge in [-0.25, -0.2) is 0 Å². The van der Waals surface area contributed by atoms with E-state index in [0.29, 0.717) is 22.2 Å². The van der Waals surface area contributed by atoms with Crippen LogP contribution in [0.2, 0.25) is 10.0 Å². The Kier molecular flexibility index (Phi) is 10.0. The predicted molar refractivity (Wildman–Crippen MR) is 141 cm³/mol. The summed E-state index contributed by atoms with van der Waals surface area (Å²) in [5.74, 6) is -0.0660. The second kappa shape index (κ2) is 13.2. The Bertz CT molecular complexity index is 1120. The number of carbonyl (C=O) groups is 2. The first-order valence-electron chi connectivity index (χ1n) is 11.6. The van der Waals surface area contributed by atoms with Gasteiger partial charge in [-0.1, -0.05) is 84.7 Å². The largest absolute Gasteiger partial charge is 0.484 e. The van der Waals surface area contributed by atoms with Crippen LogP contribution in [0.25, 0.3) is 0 Å². The van der Waals surface area contributed by atoms with Crippen LogP contribution in [0.3, 0.4) is 0 Å². The molecule has 5 nitrogen and oxygen atoms in total. The van der Waals surface area contributed by atoms with Gasteiger partial charge in [0.05, 0.1) is 0 Å². The van der Waals surface area contributed by atoms with E-state index in [0.717, 1.165) is 17.5 Å². The van der Waals surface area contributed by atoms with Gasteiger partial charge in [-0.2, -0.15) is 0 Å². The molecule has 0 saturated heterocycles. The Morgan fingerprint density at radius 1 is 0.971 bits per heavy atom. The number of halogens is 2. The Morgan fingerprint density at radius 2 is 1.69 bits per heavy atom. The molecule has 3 rings (SSSR count). The number of hydrogen-bond acceptors (Lipinski definition) is 3. The first-order valence-corrected chi connectivity index (χ1v) is 12.4. The smallest absolute Gasteiger partial charge is 0.261 e. The number of ether oxygens (including phenoxy) is 1. The summed E-state index contributed by atoms with van der Waals surface area (Å²) in [7, 11) is 0. The van der Waals surface area contributed by atoms with Crippen molar-refractivity contribution in [2.45, 2.75) is 45.3 Å². The number of rotatable bonds is 11. The molecular formula is C28H30Cl2N2O3. The third-order valence-corrected chi connectivity index (χ3v) is 6.33. The van der Waals surface area contributed by atoms with Crippen LogP contribution >= 0.6 is 23.2 Å². The van der Waals surface area contributed by atoms with Crippen molar-refractivity contribution in [2.24, 2.45) is 0 Å². The second-order valence-electron chi connectivity index (χ2n) is 8.38. The third kappa shape index (κ3) is 8.01. The van der Waals surface area contributed by atoms with Gasteiger partial charge in [-0.05, 0) is 48.7 Å². The standard InChI is InChI=1S/C28H30Cl2N2O3/c1-3-20(2)31-28(34)26(16-21-10-5-4-6-11-21)32(18-22-12-7-8-15-25(22)30)27(33)19-35-24-14-9-13-23(29)17-24/h4-15,17,20,26H,3,16,18-19H2,1-2H3,(H,31,34)/t20-,26+/m1/s1. The van der Waals surface area contributed by atoms with Crippen molar-refractivity contribution >= 4 is 35.0 Å². The van der Waals surface area contributed by atoms with Crippen molar-refractivity contribution in [3.63, 3.8) is 0 Å². The normalized spacial score (nSPS) is 12.5. The van der Waals surface area contributed by atoms with Crippen molar-refractivity contribution < 1.29 is 14.3 Å². The molecule has 0 fully saturated rings. The van der Waals surface area contributed by atoms with Gasteiger partial charge >= 0.3 is 0 Å². The van der Waals surface area contributed by atoms with E-state index < -0.39 is 6.04 Å². The number of hydrogen-bond donors (Lipinski definition) is 1. The molecule has 0 radical (unpaired) electrons. The molecule has 7 heteroatoms. The summed E-state index contributed by atoms with van der Waals surface area (Å²) in [6.45, 7) is 3.87. The van der Waals surface area contributed by atoms with Crippen LogP contribution in [-0.2, 0) is 22.6 Å². The highest BCUT2D eigenvalue weighted by Crippen LogP contribution is 2.22. The van der Waals surface area contributed by atoms with Gasteiger partial charge in [0.25, 0.3) is 5.91 Å². The summed E-state index contributed by atoms with van der Waals surface area (Å²) >= 11 is 12.5. The molecule has 0 unspecified atom stereocenters. The van der Waals surface area contributed by atoms with Crippen LogP contribution in [0.15, 0.2) is 78.9 Å². The lowest BCUT2D eigenvalue weighted by molar-refractivity contribution is -0.143. The molecule has 3 aromatic rings. The zero-order chi connectivity index (χ0) is 25.2. The van der Waals surface area contributed by atoms with E-state index in [1.807, 2.05) is 62.4 Å². The first kappa shape index (κ1) is 26.6. The monoisotopic (exact) mass is 512 g/mol. The highest BCUT2D eigenvalue weighted by Gasteiger charge is 2.31. The molecule has 3 aromatic carbocycles. The van der Waals surface area contributed by atoms with Gasteiger partial charge in [-0.15, -0.1) is 0 Å². The fraction of sp³-hybridized carbons (Fsp3) is 0.286. The molecule has 0 saturated carbocycles. The lowest BCUT2D eigenvalue weighted by Gasteiger charge is -2.32. The van der Waals surface area contributed by atoms with Crippen LogP contribution in [0.4, 0.5) is 0 Å². The third-order valence-electron chi connectivity index (χ3n) is 5.73. The topological polar surface area (TPSA) is 58.6 Å². The Balaban J connectivity index is 1.92. The first-order chi connectivity index (χ1) is 16.9. The fourth-order valence-corrected chi connectivity index (χ4v) is 3.97. The molecule has 1 N–H and O–H groups in total. The highest BCUT2D eigenvalue weighted by molar-refractivity contribution is 6.31. The highest BCUT2D eigenvalue weighted by atomic mass is 35.5. The number of benzene rings is 3. The van der Waals surface area contributed by atoms with Crippen molar-refractivity contribution in [3.05, 3.63) is 100 Å². The number of amides is 2. The maximum atomic E-state index is 13.6. The van der Waals surface area contributed by atoms with Gasteiger partial charge in [0.2, 0.25) is 5.91 Å². The summed E-state index contributed by atoms with van der Waals surface area (Å²) in [5.41, 5.74) is 1.70. The van der Waals surface area contributed by atoms with Gasteiger partial charge in [0, 0.05) is 29.1 Å². The van der Waals surface area contributed by atoms with E-state index >= 15 is 0 Å². The summed E-state index contributed by atoms with van der Waals surface area (Å²) in [6.07, 6.45) is 1.14. The molecule has 0 aliphatic carbocycles. The molecular weight excluding hydrogens is 483 g/mol. The van der Waals surface area contributed by atoms with E-state index in [-0.39, 0.29) is 31.0 Å². The van der Waals surface area contributed by atoms with Crippen molar-refractivity contribution in [2.75, 3.05) is 6.61 Å². The zero-order valence-electron chi connectivity index (χ0n) is 19.9. The van der Waals surface area contributed by atoms with Crippen molar-refractivity contribution in [3.8, 4) is 5.75 Å². The van der Waals surface area contributed by atoms with Crippen LogP contribution in [0.5, 0.6) is 5.75 Å². The summed E-state index contributed by atoms with van der Waals surface area (Å²) in [5, 5.41) is 4.08. The molecule has 2 atom stereocenters. The van der Waals surface area contributed by atoms with Crippen LogP contribution in [-0.4, -0.2) is 35.4 Å². The number of nitrogens with zero attached hydrogens (tertiary/aromatic N) is 1. The molecule has 0 aromatic heterocycles. The molecule has 184 valence electrons. The van der Waals surface area contributed by atoms with E-state index in [4.69, 9.17) is 27.9 Å². The second-order valence-corrected chi connectivity index (χ2v) is 9.23. The van der Waals surface area contributed by atoms with Crippen molar-refractivity contribution in [1.29, 1.82) is 0 Å². The van der Waals surface area contributed by atoms with Crippen molar-refractivity contribution in [1.82, 2.24) is 10.2 Å². The van der Waals surface area contributed by atoms with Gasteiger partial charge < -0.3 is 15.0 Å². The number of carbonyl (C=O) groups excluding carboxylic acids is 2. The molecule has 0 heterocycles. The fourth-order valence-electron chi connectivity index (χ4n) is 3.59. The SMILES string of the molecule is CC[C@@H](C)NC(=O)[C@H](Cc1ccccc1)N(Cc1ccccc1Cl)C(=O)COc1cccc(Cl)c1. The van der Waals surface area contributed by atoms with E-state index in [9.17, 15) is 9.59 Å². The van der Waals surface area contributed by atoms with Crippen LogP contribution < -0.4 is 10.1 Å². The average molecular weight is 513 g/mol. The average Bonchev–Trinajstić information content (AvgIpc) is 2.86. The number of nitrogens with one attached hydrogen (secondary N) is 1. The molecule has 0 bridgehead atoms. The van der Waals surface area contributed by atoms with Gasteiger partial charge in [0.1, 0.15) is 11.8 Å². The summed E-state index contributed by atoms with van der Waals surface area (Å²) < 4.78 is 5.74. The van der Waals surface area contributed by atoms with Crippen LogP contribution in [0.1, 0.15) is 31.4 Å². The summed E-state index contributed by atoms with van der Waals surface area (Å²) in [6, 6.07) is 23.0. The zero-order valence-corrected chi connectivity index (χ0v) is 21.4. The Morgan fingerprint density at radius 3 is 2.37 bits per heavy atom. The van der Waals surface area contributed by atoms with Crippen LogP contribution in [0, 0.1) is 0 Å². The molecule has 0 aliphatic heterocycles. The van der Waals surface area contributed by atoms with E-state index in [2.05, 4.69) is 5.32 Å². The molecule has 0 spiro atoms. The maximum Gasteiger partial charge on any atom is 0.261 e. The Hall–Kier alpha value is -3.02. The lowest BCUT2D eigenvalue weighted by Crippen LogP contribution is -2.53. The molecule has 35 heavy (non-hydrogen) atoms. The predicted octanol–water partition coefficient (Wildman–Crippen LogP) is 5.93. The van der Waals surface area contributed by atoms with Gasteiger partial charge in [0.15, 0.2) is 6.61 Å². The minimum absolute atomic E-state index is 0.0271. The van der Waals surface area contributed by atoms with E-state index in [1.54, 1.807) is 35.2 Å². The minimum atomic E-state index is -0.752. The quantitative estimate of drug-likeness (QED) is 0.346. The lowest BCUT2D eigenvalue weighted by atomic mass is 10.0. The summed E-state index contributed by atoms with van der Waals surface area (Å²) in [4.78, 5) is 28.6.